The van der Waals surface area contributed by atoms with Crippen LogP contribution >= 0.6 is 0 Å². The van der Waals surface area contributed by atoms with Gasteiger partial charge in [0.1, 0.15) is 17.7 Å². The van der Waals surface area contributed by atoms with Crippen LogP contribution in [0.1, 0.15) is 37.8 Å². The summed E-state index contributed by atoms with van der Waals surface area (Å²) in [5.41, 5.74) is 1.18. The van der Waals surface area contributed by atoms with Gasteiger partial charge in [-0.1, -0.05) is 44.2 Å². The Kier molecular flexibility index (Phi) is 10.9. The molecule has 228 valence electrons. The number of nitrogens with one attached hydrogen (secondary N) is 2. The molecule has 0 spiro atoms. The lowest BCUT2D eigenvalue weighted by Gasteiger charge is -2.41. The normalized spacial score (nSPS) is 19.6. The van der Waals surface area contributed by atoms with Crippen LogP contribution in [0, 0.1) is 17.6 Å². The minimum Gasteiger partial charge on any atom is -0.389 e. The fraction of sp³-hybridized carbons (Fsp3) is 0.516. The van der Waals surface area contributed by atoms with E-state index in [9.17, 15) is 28.3 Å². The summed E-state index contributed by atoms with van der Waals surface area (Å²) in [6.07, 6.45) is -0.0208. The molecule has 2 saturated heterocycles. The number of aliphatic hydroxyl groups is 1. The number of rotatable bonds is 12. The first kappa shape index (κ1) is 31.4. The molecule has 11 heteroatoms. The standard InChI is InChI=1S/C31H41F2N5O4/c1-3-11-37-19-23(20-38(12-4-2)31(37)42)29(40)35-26(16-22-14-24(32)17-25(33)15-22)28(39)27-30(41)36(13-10-34-27)18-21-8-6-5-7-9-21/h5-9,14-15,17,23,26-28,34,39H,3-4,10-13,16,18-20H2,1-2H3,(H,35,40)/t26-,27-,28-/m0/s1. The third kappa shape index (κ3) is 7.83. The maximum Gasteiger partial charge on any atom is 0.320 e. The van der Waals surface area contributed by atoms with Crippen molar-refractivity contribution >= 4 is 17.8 Å². The third-order valence-corrected chi connectivity index (χ3v) is 7.78. The Bertz CT molecular complexity index is 1190. The second kappa shape index (κ2) is 14.6. The molecule has 9 nitrogen and oxygen atoms in total. The maximum absolute atomic E-state index is 14.1. The minimum atomic E-state index is -1.39. The summed E-state index contributed by atoms with van der Waals surface area (Å²) in [7, 11) is 0. The van der Waals surface area contributed by atoms with Gasteiger partial charge in [-0.15, -0.1) is 0 Å². The van der Waals surface area contributed by atoms with Gasteiger partial charge < -0.3 is 30.4 Å². The van der Waals surface area contributed by atoms with E-state index in [0.717, 1.165) is 36.6 Å². The highest BCUT2D eigenvalue weighted by Gasteiger charge is 2.40. The van der Waals surface area contributed by atoms with Crippen LogP contribution in [-0.4, -0.2) is 95.1 Å². The van der Waals surface area contributed by atoms with Crippen LogP contribution in [0.3, 0.4) is 0 Å². The Hall–Kier alpha value is -3.57. The van der Waals surface area contributed by atoms with Gasteiger partial charge in [0.25, 0.3) is 0 Å². The molecule has 0 unspecified atom stereocenters. The van der Waals surface area contributed by atoms with Crippen LogP contribution in [0.25, 0.3) is 0 Å². The molecule has 42 heavy (non-hydrogen) atoms. The lowest BCUT2D eigenvalue weighted by atomic mass is 9.93. The minimum absolute atomic E-state index is 0.102. The molecule has 2 heterocycles. The van der Waals surface area contributed by atoms with Crippen LogP contribution in [0.5, 0.6) is 0 Å². The van der Waals surface area contributed by atoms with Gasteiger partial charge in [0.05, 0.1) is 18.1 Å². The number of amides is 4. The molecule has 2 aliphatic heterocycles. The number of hydrogen-bond donors (Lipinski definition) is 3. The number of carbonyl (C=O) groups is 3. The van der Waals surface area contributed by atoms with Crippen molar-refractivity contribution < 1.29 is 28.3 Å². The summed E-state index contributed by atoms with van der Waals surface area (Å²) in [6.45, 7) is 6.63. The SMILES string of the molecule is CCCN1CC(C(=O)N[C@@H](Cc2cc(F)cc(F)c2)[C@H](O)[C@@H]2NCCN(Cc3ccccc3)C2=O)CN(CCC)C1=O. The lowest BCUT2D eigenvalue weighted by molar-refractivity contribution is -0.141. The Balaban J connectivity index is 1.55. The molecular formula is C31H41F2N5O4. The molecule has 2 fully saturated rings. The fourth-order valence-corrected chi connectivity index (χ4v) is 5.78. The van der Waals surface area contributed by atoms with E-state index >= 15 is 0 Å². The summed E-state index contributed by atoms with van der Waals surface area (Å²) in [6, 6.07) is 10.4. The van der Waals surface area contributed by atoms with Crippen molar-refractivity contribution in [2.75, 3.05) is 39.3 Å². The number of nitrogens with zero attached hydrogens (tertiary/aromatic N) is 3. The van der Waals surface area contributed by atoms with Crippen LogP contribution in [-0.2, 0) is 22.6 Å². The van der Waals surface area contributed by atoms with E-state index in [1.807, 2.05) is 44.2 Å². The molecule has 0 saturated carbocycles. The molecule has 4 rings (SSSR count). The second-order valence-corrected chi connectivity index (χ2v) is 11.1. The summed E-state index contributed by atoms with van der Waals surface area (Å²) in [5.74, 6) is -2.85. The van der Waals surface area contributed by atoms with E-state index in [0.29, 0.717) is 32.7 Å². The molecule has 0 bridgehead atoms. The zero-order valence-corrected chi connectivity index (χ0v) is 24.3. The fourth-order valence-electron chi connectivity index (χ4n) is 5.78. The monoisotopic (exact) mass is 585 g/mol. The average Bonchev–Trinajstić information content (AvgIpc) is 2.95. The quantitative estimate of drug-likeness (QED) is 0.355. The van der Waals surface area contributed by atoms with Crippen LogP contribution in [0.4, 0.5) is 13.6 Å². The number of carbonyl (C=O) groups excluding carboxylic acids is 3. The van der Waals surface area contributed by atoms with Crippen molar-refractivity contribution in [3.8, 4) is 0 Å². The van der Waals surface area contributed by atoms with E-state index < -0.39 is 41.6 Å². The van der Waals surface area contributed by atoms with E-state index in [-0.39, 0.29) is 37.0 Å². The van der Waals surface area contributed by atoms with Crippen LogP contribution in [0.15, 0.2) is 48.5 Å². The van der Waals surface area contributed by atoms with Crippen molar-refractivity contribution in [3.63, 3.8) is 0 Å². The maximum atomic E-state index is 14.1. The molecule has 0 aromatic heterocycles. The molecule has 4 amide bonds. The molecule has 3 N–H and O–H groups in total. The van der Waals surface area contributed by atoms with Crippen LogP contribution in [0.2, 0.25) is 0 Å². The summed E-state index contributed by atoms with van der Waals surface area (Å²) in [4.78, 5) is 45.0. The predicted molar refractivity (Wildman–Crippen MR) is 154 cm³/mol. The molecule has 2 aliphatic rings. The zero-order chi connectivity index (χ0) is 30.2. The van der Waals surface area contributed by atoms with Crippen molar-refractivity contribution in [2.45, 2.75) is 57.8 Å². The average molecular weight is 586 g/mol. The Morgan fingerprint density at radius 1 is 0.976 bits per heavy atom. The Morgan fingerprint density at radius 3 is 2.19 bits per heavy atom. The number of piperazine rings is 1. The second-order valence-electron chi connectivity index (χ2n) is 11.1. The number of urea groups is 1. The van der Waals surface area contributed by atoms with Crippen LogP contribution < -0.4 is 10.6 Å². The largest absolute Gasteiger partial charge is 0.389 e. The lowest BCUT2D eigenvalue weighted by Crippen LogP contribution is -2.65. The molecule has 2 aromatic carbocycles. The van der Waals surface area contributed by atoms with E-state index in [1.54, 1.807) is 14.7 Å². The predicted octanol–water partition coefficient (Wildman–Crippen LogP) is 2.53. The van der Waals surface area contributed by atoms with E-state index in [4.69, 9.17) is 0 Å². The molecule has 0 radical (unpaired) electrons. The number of benzene rings is 2. The summed E-state index contributed by atoms with van der Waals surface area (Å²) >= 11 is 0. The van der Waals surface area contributed by atoms with Gasteiger partial charge in [-0.2, -0.15) is 0 Å². The first-order valence-electron chi connectivity index (χ1n) is 14.7. The van der Waals surface area contributed by atoms with Gasteiger partial charge >= 0.3 is 6.03 Å². The molecule has 0 aliphatic carbocycles. The number of halogens is 2. The van der Waals surface area contributed by atoms with E-state index in [1.165, 1.54) is 0 Å². The first-order valence-corrected chi connectivity index (χ1v) is 14.7. The Labute approximate surface area is 245 Å². The topological polar surface area (TPSA) is 105 Å². The highest BCUT2D eigenvalue weighted by molar-refractivity contribution is 5.85. The smallest absolute Gasteiger partial charge is 0.320 e. The molecular weight excluding hydrogens is 544 g/mol. The number of aliphatic hydroxyl groups excluding tert-OH is 1. The van der Waals surface area contributed by atoms with Crippen molar-refractivity contribution in [3.05, 3.63) is 71.3 Å². The van der Waals surface area contributed by atoms with Gasteiger partial charge in [-0.05, 0) is 42.5 Å². The highest BCUT2D eigenvalue weighted by Crippen LogP contribution is 2.20. The van der Waals surface area contributed by atoms with E-state index in [2.05, 4.69) is 10.6 Å². The van der Waals surface area contributed by atoms with Crippen molar-refractivity contribution in [1.29, 1.82) is 0 Å². The molecule has 2 aromatic rings. The van der Waals surface area contributed by atoms with Crippen molar-refractivity contribution in [2.24, 2.45) is 5.92 Å². The third-order valence-electron chi connectivity index (χ3n) is 7.78. The van der Waals surface area contributed by atoms with Gasteiger partial charge in [0.2, 0.25) is 11.8 Å². The van der Waals surface area contributed by atoms with Gasteiger partial charge in [0, 0.05) is 51.9 Å². The molecule has 3 atom stereocenters. The van der Waals surface area contributed by atoms with Gasteiger partial charge in [0.15, 0.2) is 0 Å². The first-order chi connectivity index (χ1) is 20.2. The number of hydrogen-bond acceptors (Lipinski definition) is 5. The van der Waals surface area contributed by atoms with Crippen molar-refractivity contribution in [1.82, 2.24) is 25.3 Å². The summed E-state index contributed by atoms with van der Waals surface area (Å²) < 4.78 is 28.1. The Morgan fingerprint density at radius 2 is 1.60 bits per heavy atom. The zero-order valence-electron chi connectivity index (χ0n) is 24.3. The van der Waals surface area contributed by atoms with Gasteiger partial charge in [-0.25, -0.2) is 13.6 Å². The highest BCUT2D eigenvalue weighted by atomic mass is 19.1. The van der Waals surface area contributed by atoms with Gasteiger partial charge in [-0.3, -0.25) is 9.59 Å². The summed E-state index contributed by atoms with van der Waals surface area (Å²) in [5, 5.41) is 17.5.